The molecule has 1 saturated carbocycles. The summed E-state index contributed by atoms with van der Waals surface area (Å²) in [5.74, 6) is -2.43. The van der Waals surface area contributed by atoms with Crippen LogP contribution in [0.1, 0.15) is 31.2 Å². The maximum absolute atomic E-state index is 13.8. The van der Waals surface area contributed by atoms with Crippen molar-refractivity contribution in [2.75, 3.05) is 0 Å². The van der Waals surface area contributed by atoms with Crippen LogP contribution >= 0.6 is 11.6 Å². The molecule has 0 heterocycles. The Balaban J connectivity index is 2.03. The van der Waals surface area contributed by atoms with E-state index in [0.717, 1.165) is 0 Å². The maximum atomic E-state index is 13.8. The third-order valence-corrected chi connectivity index (χ3v) is 4.47. The van der Waals surface area contributed by atoms with Gasteiger partial charge in [0, 0.05) is 6.42 Å². The Morgan fingerprint density at radius 2 is 2.00 bits per heavy atom. The van der Waals surface area contributed by atoms with Crippen molar-refractivity contribution >= 4 is 11.6 Å². The van der Waals surface area contributed by atoms with E-state index in [0.29, 0.717) is 12.8 Å². The summed E-state index contributed by atoms with van der Waals surface area (Å²) < 4.78 is 52.1. The van der Waals surface area contributed by atoms with Crippen molar-refractivity contribution in [3.05, 3.63) is 34.6 Å². The van der Waals surface area contributed by atoms with Gasteiger partial charge in [0.2, 0.25) is 0 Å². The number of hydrogen-bond donors (Lipinski definition) is 1. The van der Waals surface area contributed by atoms with Gasteiger partial charge in [0.1, 0.15) is 5.82 Å². The molecule has 1 fully saturated rings. The Bertz CT molecular complexity index is 489. The summed E-state index contributed by atoms with van der Waals surface area (Å²) in [6.45, 7) is 0. The average Bonchev–Trinajstić information content (AvgIpc) is 2.43. The first-order valence-electron chi connectivity index (χ1n) is 6.96. The molecule has 0 amide bonds. The molecule has 1 aliphatic rings. The summed E-state index contributed by atoms with van der Waals surface area (Å²) in [4.78, 5) is 0. The summed E-state index contributed by atoms with van der Waals surface area (Å²) in [6, 6.07) is 4.45. The Labute approximate surface area is 125 Å². The molecule has 1 nitrogen and oxygen atoms in total. The Kier molecular flexibility index (Phi) is 5.15. The first kappa shape index (κ1) is 16.6. The number of aliphatic hydroxyl groups excluding tert-OH is 1. The van der Waals surface area contributed by atoms with Crippen LogP contribution in [0.5, 0.6) is 0 Å². The van der Waals surface area contributed by atoms with Crippen molar-refractivity contribution in [3.63, 3.8) is 0 Å². The van der Waals surface area contributed by atoms with Crippen LogP contribution in [0.25, 0.3) is 0 Å². The van der Waals surface area contributed by atoms with Crippen LogP contribution < -0.4 is 0 Å². The number of alkyl halides is 3. The van der Waals surface area contributed by atoms with E-state index in [4.69, 9.17) is 11.6 Å². The lowest BCUT2D eigenvalue weighted by molar-refractivity contribution is -0.188. The van der Waals surface area contributed by atoms with Gasteiger partial charge >= 0.3 is 6.18 Å². The fraction of sp³-hybridized carbons (Fsp3) is 0.600. The number of aliphatic hydroxyl groups is 1. The van der Waals surface area contributed by atoms with Gasteiger partial charge in [0.15, 0.2) is 0 Å². The molecule has 3 atom stereocenters. The Morgan fingerprint density at radius 3 is 2.67 bits per heavy atom. The monoisotopic (exact) mass is 324 g/mol. The van der Waals surface area contributed by atoms with Crippen LogP contribution in [0.3, 0.4) is 0 Å². The van der Waals surface area contributed by atoms with E-state index >= 15 is 0 Å². The molecule has 1 aromatic rings. The van der Waals surface area contributed by atoms with Crippen LogP contribution in [0.2, 0.25) is 5.02 Å². The van der Waals surface area contributed by atoms with Gasteiger partial charge in [0.25, 0.3) is 0 Å². The molecule has 0 bridgehead atoms. The standard InChI is InChI=1S/C15H17ClF4O/c16-12-6-2-4-10(14(12)17)8-13(21)9-3-1-5-11(7-9)15(18,19)20/h2,4,6,9,11,13,21H,1,3,5,7-8H2. The van der Waals surface area contributed by atoms with Crippen molar-refractivity contribution in [1.82, 2.24) is 0 Å². The number of hydrogen-bond acceptors (Lipinski definition) is 1. The molecule has 1 N–H and O–H groups in total. The van der Waals surface area contributed by atoms with Crippen molar-refractivity contribution < 1.29 is 22.7 Å². The minimum absolute atomic E-state index is 0.0123. The van der Waals surface area contributed by atoms with Gasteiger partial charge in [-0.25, -0.2) is 4.39 Å². The summed E-state index contributed by atoms with van der Waals surface area (Å²) >= 11 is 5.66. The molecular formula is C15H17ClF4O. The zero-order valence-electron chi connectivity index (χ0n) is 11.3. The third kappa shape index (κ3) is 4.10. The first-order valence-corrected chi connectivity index (χ1v) is 7.34. The second-order valence-corrected chi connectivity index (χ2v) is 6.06. The highest BCUT2D eigenvalue weighted by atomic mass is 35.5. The van der Waals surface area contributed by atoms with Gasteiger partial charge in [0.05, 0.1) is 17.0 Å². The van der Waals surface area contributed by atoms with E-state index < -0.39 is 29.9 Å². The van der Waals surface area contributed by atoms with Crippen LogP contribution in [-0.4, -0.2) is 17.4 Å². The largest absolute Gasteiger partial charge is 0.392 e. The predicted molar refractivity (Wildman–Crippen MR) is 72.6 cm³/mol. The highest BCUT2D eigenvalue weighted by Crippen LogP contribution is 2.41. The lowest BCUT2D eigenvalue weighted by Crippen LogP contribution is -2.34. The molecule has 0 radical (unpaired) electrons. The smallest absolute Gasteiger partial charge is 0.391 e. The molecule has 3 unspecified atom stereocenters. The Morgan fingerprint density at radius 1 is 1.29 bits per heavy atom. The van der Waals surface area contributed by atoms with Crippen LogP contribution in [0, 0.1) is 17.7 Å². The van der Waals surface area contributed by atoms with Crippen LogP contribution in [0.15, 0.2) is 18.2 Å². The van der Waals surface area contributed by atoms with Crippen molar-refractivity contribution in [2.24, 2.45) is 11.8 Å². The molecule has 2 rings (SSSR count). The van der Waals surface area contributed by atoms with E-state index in [1.807, 2.05) is 0 Å². The number of benzene rings is 1. The van der Waals surface area contributed by atoms with Gasteiger partial charge in [-0.1, -0.05) is 30.2 Å². The Hall–Kier alpha value is -0.810. The average molecular weight is 325 g/mol. The molecular weight excluding hydrogens is 308 g/mol. The molecule has 0 saturated heterocycles. The SMILES string of the molecule is OC(Cc1cccc(Cl)c1F)C1CCCC(C(F)(F)F)C1. The van der Waals surface area contributed by atoms with Crippen molar-refractivity contribution in [2.45, 2.75) is 44.4 Å². The summed E-state index contributed by atoms with van der Waals surface area (Å²) in [7, 11) is 0. The maximum Gasteiger partial charge on any atom is 0.391 e. The number of rotatable bonds is 3. The van der Waals surface area contributed by atoms with Gasteiger partial charge < -0.3 is 5.11 Å². The second-order valence-electron chi connectivity index (χ2n) is 5.65. The third-order valence-electron chi connectivity index (χ3n) is 4.18. The second kappa shape index (κ2) is 6.53. The lowest BCUT2D eigenvalue weighted by Gasteiger charge is -2.33. The molecule has 0 spiro atoms. The van der Waals surface area contributed by atoms with Gasteiger partial charge in [-0.05, 0) is 36.8 Å². The van der Waals surface area contributed by atoms with Crippen molar-refractivity contribution in [1.29, 1.82) is 0 Å². The molecule has 0 aliphatic heterocycles. The van der Waals surface area contributed by atoms with Gasteiger partial charge in [-0.2, -0.15) is 13.2 Å². The summed E-state index contributed by atoms with van der Waals surface area (Å²) in [6.07, 6.45) is -4.23. The van der Waals surface area contributed by atoms with E-state index in [2.05, 4.69) is 0 Å². The predicted octanol–water partition coefficient (Wildman–Crippen LogP) is 4.75. The van der Waals surface area contributed by atoms with E-state index in [9.17, 15) is 22.7 Å². The topological polar surface area (TPSA) is 20.2 Å². The first-order chi connectivity index (χ1) is 9.79. The lowest BCUT2D eigenvalue weighted by atomic mass is 9.77. The van der Waals surface area contributed by atoms with Crippen molar-refractivity contribution in [3.8, 4) is 0 Å². The van der Waals surface area contributed by atoms with E-state index in [-0.39, 0.29) is 29.8 Å². The quantitative estimate of drug-likeness (QED) is 0.795. The molecule has 0 aromatic heterocycles. The zero-order valence-corrected chi connectivity index (χ0v) is 12.1. The fourth-order valence-corrected chi connectivity index (χ4v) is 3.17. The van der Waals surface area contributed by atoms with Crippen LogP contribution in [0.4, 0.5) is 17.6 Å². The van der Waals surface area contributed by atoms with Gasteiger partial charge in [-0.3, -0.25) is 0 Å². The molecule has 118 valence electrons. The molecule has 1 aromatic carbocycles. The molecule has 6 heteroatoms. The van der Waals surface area contributed by atoms with E-state index in [1.54, 1.807) is 6.07 Å². The molecule has 1 aliphatic carbocycles. The van der Waals surface area contributed by atoms with Crippen LogP contribution in [-0.2, 0) is 6.42 Å². The fourth-order valence-electron chi connectivity index (χ4n) is 2.97. The zero-order chi connectivity index (χ0) is 15.6. The summed E-state index contributed by atoms with van der Waals surface area (Å²) in [5.41, 5.74) is 0.240. The minimum atomic E-state index is -4.22. The molecule has 21 heavy (non-hydrogen) atoms. The highest BCUT2D eigenvalue weighted by Gasteiger charge is 2.43. The highest BCUT2D eigenvalue weighted by molar-refractivity contribution is 6.30. The number of halogens is 5. The van der Waals surface area contributed by atoms with E-state index in [1.165, 1.54) is 12.1 Å². The minimum Gasteiger partial charge on any atom is -0.392 e. The normalized spacial score (nSPS) is 24.9. The van der Waals surface area contributed by atoms with Gasteiger partial charge in [-0.15, -0.1) is 0 Å². The summed E-state index contributed by atoms with van der Waals surface area (Å²) in [5, 5.41) is 10.1.